The van der Waals surface area contributed by atoms with Crippen LogP contribution in [0.15, 0.2) is 47.6 Å². The SMILES string of the molecule is CCCCNC(=O)C(=O)N/N=C/c1ccc(OCC(=O)Nc2cc(C)cc(C)c2)cc1. The van der Waals surface area contributed by atoms with Crippen molar-refractivity contribution in [2.75, 3.05) is 18.5 Å². The molecular weight excluding hydrogens is 396 g/mol. The maximum absolute atomic E-state index is 12.1. The Hall–Kier alpha value is -3.68. The van der Waals surface area contributed by atoms with Crippen molar-refractivity contribution in [1.82, 2.24) is 10.7 Å². The highest BCUT2D eigenvalue weighted by atomic mass is 16.5. The number of ether oxygens (including phenoxy) is 1. The van der Waals surface area contributed by atoms with Gasteiger partial charge in [-0.1, -0.05) is 19.4 Å². The van der Waals surface area contributed by atoms with Crippen LogP contribution >= 0.6 is 0 Å². The molecule has 0 bridgehead atoms. The summed E-state index contributed by atoms with van der Waals surface area (Å²) in [5.41, 5.74) is 5.75. The van der Waals surface area contributed by atoms with E-state index in [0.29, 0.717) is 17.9 Å². The monoisotopic (exact) mass is 424 g/mol. The summed E-state index contributed by atoms with van der Waals surface area (Å²) < 4.78 is 5.50. The summed E-state index contributed by atoms with van der Waals surface area (Å²) in [7, 11) is 0. The Balaban J connectivity index is 1.77. The van der Waals surface area contributed by atoms with Crippen LogP contribution in [0.25, 0.3) is 0 Å². The van der Waals surface area contributed by atoms with Crippen LogP contribution in [0.3, 0.4) is 0 Å². The number of aryl methyl sites for hydroxylation is 2. The molecule has 0 aliphatic rings. The van der Waals surface area contributed by atoms with Gasteiger partial charge >= 0.3 is 11.8 Å². The Bertz CT molecular complexity index is 919. The standard InChI is InChI=1S/C23H28N4O4/c1-4-5-10-24-22(29)23(30)27-25-14-18-6-8-20(9-7-18)31-15-21(28)26-19-12-16(2)11-17(3)13-19/h6-9,11-14H,4-5,10,15H2,1-3H3,(H,24,29)(H,26,28)(H,27,30)/b25-14+. The van der Waals surface area contributed by atoms with Crippen molar-refractivity contribution in [3.8, 4) is 5.75 Å². The minimum atomic E-state index is -0.817. The number of anilines is 1. The van der Waals surface area contributed by atoms with Gasteiger partial charge in [0, 0.05) is 12.2 Å². The molecule has 8 nitrogen and oxygen atoms in total. The Labute approximate surface area is 182 Å². The lowest BCUT2D eigenvalue weighted by Gasteiger charge is -2.09. The molecule has 0 spiro atoms. The van der Waals surface area contributed by atoms with Gasteiger partial charge in [0.2, 0.25) is 0 Å². The van der Waals surface area contributed by atoms with Crippen molar-refractivity contribution in [1.29, 1.82) is 0 Å². The first-order valence-electron chi connectivity index (χ1n) is 10.1. The Kier molecular flexibility index (Phi) is 9.22. The van der Waals surface area contributed by atoms with Crippen LogP contribution in [-0.4, -0.2) is 37.1 Å². The third kappa shape index (κ3) is 8.69. The minimum Gasteiger partial charge on any atom is -0.484 e. The number of nitrogens with one attached hydrogen (secondary N) is 3. The fourth-order valence-electron chi connectivity index (χ4n) is 2.72. The molecule has 2 rings (SSSR count). The molecule has 0 heterocycles. The molecule has 0 saturated heterocycles. The van der Waals surface area contributed by atoms with Gasteiger partial charge < -0.3 is 15.4 Å². The van der Waals surface area contributed by atoms with Gasteiger partial charge in [-0.2, -0.15) is 5.10 Å². The van der Waals surface area contributed by atoms with Gasteiger partial charge in [-0.05, 0) is 73.4 Å². The predicted octanol–water partition coefficient (Wildman–Crippen LogP) is 2.69. The number of hydrogen-bond donors (Lipinski definition) is 3. The van der Waals surface area contributed by atoms with E-state index in [2.05, 4.69) is 21.2 Å². The summed E-state index contributed by atoms with van der Waals surface area (Å²) in [5.74, 6) is -1.27. The number of hydrazone groups is 1. The molecule has 8 heteroatoms. The molecule has 0 radical (unpaired) electrons. The zero-order chi connectivity index (χ0) is 22.6. The summed E-state index contributed by atoms with van der Waals surface area (Å²) >= 11 is 0. The number of carbonyl (C=O) groups excluding carboxylic acids is 3. The van der Waals surface area contributed by atoms with E-state index in [1.807, 2.05) is 39.0 Å². The first-order valence-corrected chi connectivity index (χ1v) is 10.1. The van der Waals surface area contributed by atoms with Crippen molar-refractivity contribution >= 4 is 29.6 Å². The number of unbranched alkanes of at least 4 members (excludes halogenated alkanes) is 1. The van der Waals surface area contributed by atoms with Crippen LogP contribution in [0, 0.1) is 13.8 Å². The third-order valence-electron chi connectivity index (χ3n) is 4.16. The van der Waals surface area contributed by atoms with Crippen LogP contribution in [0.2, 0.25) is 0 Å². The minimum absolute atomic E-state index is 0.121. The van der Waals surface area contributed by atoms with Gasteiger partial charge in [-0.3, -0.25) is 14.4 Å². The Morgan fingerprint density at radius 2 is 1.68 bits per heavy atom. The molecule has 0 aliphatic carbocycles. The van der Waals surface area contributed by atoms with Crippen molar-refractivity contribution < 1.29 is 19.1 Å². The van der Waals surface area contributed by atoms with E-state index < -0.39 is 11.8 Å². The van der Waals surface area contributed by atoms with Crippen LogP contribution < -0.4 is 20.8 Å². The van der Waals surface area contributed by atoms with Crippen LogP contribution in [0.4, 0.5) is 5.69 Å². The molecule has 31 heavy (non-hydrogen) atoms. The largest absolute Gasteiger partial charge is 0.484 e. The van der Waals surface area contributed by atoms with E-state index >= 15 is 0 Å². The highest BCUT2D eigenvalue weighted by Gasteiger charge is 2.11. The molecule has 3 amide bonds. The van der Waals surface area contributed by atoms with E-state index in [9.17, 15) is 14.4 Å². The Morgan fingerprint density at radius 1 is 1.00 bits per heavy atom. The molecule has 2 aromatic carbocycles. The number of carbonyl (C=O) groups is 3. The first-order chi connectivity index (χ1) is 14.9. The number of rotatable bonds is 9. The second-order valence-corrected chi connectivity index (χ2v) is 7.09. The van der Waals surface area contributed by atoms with E-state index in [4.69, 9.17) is 4.74 Å². The molecule has 0 unspecified atom stereocenters. The second-order valence-electron chi connectivity index (χ2n) is 7.09. The quantitative estimate of drug-likeness (QED) is 0.249. The van der Waals surface area contributed by atoms with E-state index in [1.54, 1.807) is 24.3 Å². The zero-order valence-corrected chi connectivity index (χ0v) is 18.0. The summed E-state index contributed by atoms with van der Waals surface area (Å²) in [4.78, 5) is 35.2. The average Bonchev–Trinajstić information content (AvgIpc) is 2.72. The summed E-state index contributed by atoms with van der Waals surface area (Å²) in [6, 6.07) is 12.6. The van der Waals surface area contributed by atoms with Gasteiger partial charge in [-0.25, -0.2) is 5.43 Å². The van der Waals surface area contributed by atoms with Crippen molar-refractivity contribution in [3.05, 3.63) is 59.2 Å². The molecule has 0 aliphatic heterocycles. The van der Waals surface area contributed by atoms with Crippen LogP contribution in [0.5, 0.6) is 5.75 Å². The number of benzene rings is 2. The summed E-state index contributed by atoms with van der Waals surface area (Å²) in [6.07, 6.45) is 3.15. The average molecular weight is 425 g/mol. The molecule has 3 N–H and O–H groups in total. The van der Waals surface area contributed by atoms with Crippen molar-refractivity contribution in [2.24, 2.45) is 5.10 Å². The van der Waals surface area contributed by atoms with E-state index in [-0.39, 0.29) is 12.5 Å². The normalized spacial score (nSPS) is 10.5. The van der Waals surface area contributed by atoms with Gasteiger partial charge in [0.05, 0.1) is 6.21 Å². The number of amides is 3. The van der Waals surface area contributed by atoms with Crippen molar-refractivity contribution in [2.45, 2.75) is 33.6 Å². The maximum Gasteiger partial charge on any atom is 0.329 e. The fraction of sp³-hybridized carbons (Fsp3) is 0.304. The van der Waals surface area contributed by atoms with Gasteiger partial charge in [0.25, 0.3) is 5.91 Å². The lowest BCUT2D eigenvalue weighted by atomic mass is 10.1. The molecule has 0 fully saturated rings. The topological polar surface area (TPSA) is 109 Å². The van der Waals surface area contributed by atoms with E-state index in [1.165, 1.54) is 6.21 Å². The smallest absolute Gasteiger partial charge is 0.329 e. The maximum atomic E-state index is 12.1. The first kappa shape index (κ1) is 23.6. The van der Waals surface area contributed by atoms with E-state index in [0.717, 1.165) is 29.7 Å². The van der Waals surface area contributed by atoms with Gasteiger partial charge in [0.15, 0.2) is 6.61 Å². The van der Waals surface area contributed by atoms with Gasteiger partial charge in [0.1, 0.15) is 5.75 Å². The highest BCUT2D eigenvalue weighted by molar-refractivity contribution is 6.35. The summed E-state index contributed by atoms with van der Waals surface area (Å²) in [6.45, 7) is 6.27. The predicted molar refractivity (Wildman–Crippen MR) is 120 cm³/mol. The number of nitrogens with zero attached hydrogens (tertiary/aromatic N) is 1. The van der Waals surface area contributed by atoms with Crippen LogP contribution in [0.1, 0.15) is 36.5 Å². The zero-order valence-electron chi connectivity index (χ0n) is 18.0. The molecule has 0 saturated carbocycles. The lowest BCUT2D eigenvalue weighted by molar-refractivity contribution is -0.139. The van der Waals surface area contributed by atoms with Crippen molar-refractivity contribution in [3.63, 3.8) is 0 Å². The molecule has 0 atom stereocenters. The number of hydrogen-bond acceptors (Lipinski definition) is 5. The fourth-order valence-corrected chi connectivity index (χ4v) is 2.72. The lowest BCUT2D eigenvalue weighted by Crippen LogP contribution is -2.38. The molecule has 0 aromatic heterocycles. The Morgan fingerprint density at radius 3 is 2.32 bits per heavy atom. The van der Waals surface area contributed by atoms with Gasteiger partial charge in [-0.15, -0.1) is 0 Å². The van der Waals surface area contributed by atoms with Crippen LogP contribution in [-0.2, 0) is 14.4 Å². The summed E-state index contributed by atoms with van der Waals surface area (Å²) in [5, 5.41) is 9.09. The molecule has 164 valence electrons. The molecule has 2 aromatic rings. The third-order valence-corrected chi connectivity index (χ3v) is 4.16. The second kappa shape index (κ2) is 12.1. The molecular formula is C23H28N4O4. The highest BCUT2D eigenvalue weighted by Crippen LogP contribution is 2.14.